The molecule has 0 unspecified atom stereocenters. The van der Waals surface area contributed by atoms with Crippen molar-refractivity contribution in [3.05, 3.63) is 41.2 Å². The van der Waals surface area contributed by atoms with Crippen molar-refractivity contribution in [1.82, 2.24) is 4.40 Å². The zero-order chi connectivity index (χ0) is 11.0. The van der Waals surface area contributed by atoms with Crippen molar-refractivity contribution in [2.45, 2.75) is 27.2 Å². The fourth-order valence-corrected chi connectivity index (χ4v) is 2.28. The van der Waals surface area contributed by atoms with Crippen LogP contribution in [0.5, 0.6) is 0 Å². The monoisotopic (exact) mass is 201 g/mol. The highest BCUT2D eigenvalue weighted by atomic mass is 16.1. The molecular formula is C13H15NO. The van der Waals surface area contributed by atoms with Crippen LogP contribution in [0.3, 0.4) is 0 Å². The van der Waals surface area contributed by atoms with Crippen molar-refractivity contribution in [2.24, 2.45) is 0 Å². The molecule has 2 rings (SSSR count). The van der Waals surface area contributed by atoms with Crippen LogP contribution >= 0.6 is 0 Å². The molecule has 0 N–H and O–H groups in total. The van der Waals surface area contributed by atoms with E-state index >= 15 is 0 Å². The topological polar surface area (TPSA) is 21.5 Å². The lowest BCUT2D eigenvalue weighted by atomic mass is 10.1. The third-order valence-corrected chi connectivity index (χ3v) is 2.90. The Hall–Kier alpha value is -1.57. The molecule has 0 bridgehead atoms. The molecule has 2 nitrogen and oxygen atoms in total. The normalized spacial score (nSPS) is 10.9. The Balaban J connectivity index is 2.91. The Labute approximate surface area is 89.5 Å². The second-order valence-electron chi connectivity index (χ2n) is 3.82. The number of hydrogen-bond donors (Lipinski definition) is 0. The molecule has 2 aromatic rings. The predicted octanol–water partition coefficient (Wildman–Crippen LogP) is 3.01. The number of aryl methyl sites for hydroxylation is 1. The van der Waals surface area contributed by atoms with E-state index in [1.54, 1.807) is 6.92 Å². The number of Topliss-reactive ketones (excluding diaryl/α,β-unsaturated/α-hetero) is 1. The number of carbonyl (C=O) groups is 1. The van der Waals surface area contributed by atoms with Crippen molar-refractivity contribution in [3.63, 3.8) is 0 Å². The van der Waals surface area contributed by atoms with Gasteiger partial charge in [-0.25, -0.2) is 0 Å². The number of carbonyl (C=O) groups excluding carboxylic acids is 1. The Morgan fingerprint density at radius 3 is 2.73 bits per heavy atom. The lowest BCUT2D eigenvalue weighted by Crippen LogP contribution is -1.99. The van der Waals surface area contributed by atoms with Gasteiger partial charge in [0, 0.05) is 18.6 Å². The molecule has 0 atom stereocenters. The van der Waals surface area contributed by atoms with Crippen LogP contribution in [-0.2, 0) is 6.42 Å². The van der Waals surface area contributed by atoms with Crippen LogP contribution < -0.4 is 0 Å². The van der Waals surface area contributed by atoms with Gasteiger partial charge in [-0.05, 0) is 36.6 Å². The summed E-state index contributed by atoms with van der Waals surface area (Å²) in [6, 6.07) is 6.04. The molecule has 2 heterocycles. The standard InChI is InChI=1S/C13H15NO/c1-4-11-9(2)13(10(3)15)14-8-6-5-7-12(11)14/h5-8H,4H2,1-3H3. The number of ketones is 1. The summed E-state index contributed by atoms with van der Waals surface area (Å²) in [5, 5.41) is 0. The van der Waals surface area contributed by atoms with Crippen LogP contribution in [-0.4, -0.2) is 10.2 Å². The molecule has 0 aliphatic heterocycles. The second-order valence-corrected chi connectivity index (χ2v) is 3.82. The van der Waals surface area contributed by atoms with E-state index in [1.165, 1.54) is 5.56 Å². The average Bonchev–Trinajstić information content (AvgIpc) is 2.49. The third kappa shape index (κ3) is 1.37. The molecule has 0 radical (unpaired) electrons. The van der Waals surface area contributed by atoms with Gasteiger partial charge >= 0.3 is 0 Å². The second kappa shape index (κ2) is 3.54. The van der Waals surface area contributed by atoms with Crippen LogP contribution in [0.4, 0.5) is 0 Å². The first-order chi connectivity index (χ1) is 7.16. The van der Waals surface area contributed by atoms with E-state index < -0.39 is 0 Å². The van der Waals surface area contributed by atoms with Crippen molar-refractivity contribution in [1.29, 1.82) is 0 Å². The van der Waals surface area contributed by atoms with Gasteiger partial charge in [0.1, 0.15) is 0 Å². The van der Waals surface area contributed by atoms with Crippen LogP contribution in [0.1, 0.15) is 35.5 Å². The highest BCUT2D eigenvalue weighted by Gasteiger charge is 2.15. The number of fused-ring (bicyclic) bond motifs is 1. The first-order valence-corrected chi connectivity index (χ1v) is 5.26. The summed E-state index contributed by atoms with van der Waals surface area (Å²) < 4.78 is 2.00. The zero-order valence-electron chi connectivity index (χ0n) is 9.37. The van der Waals surface area contributed by atoms with Gasteiger partial charge in [0.05, 0.1) is 5.69 Å². The maximum atomic E-state index is 11.6. The molecule has 0 aromatic carbocycles. The highest BCUT2D eigenvalue weighted by molar-refractivity contribution is 5.96. The molecule has 0 saturated heterocycles. The minimum atomic E-state index is 0.133. The minimum absolute atomic E-state index is 0.133. The van der Waals surface area contributed by atoms with Crippen molar-refractivity contribution < 1.29 is 4.79 Å². The average molecular weight is 201 g/mol. The third-order valence-electron chi connectivity index (χ3n) is 2.90. The van der Waals surface area contributed by atoms with E-state index in [4.69, 9.17) is 0 Å². The first kappa shape index (κ1) is 9.97. The van der Waals surface area contributed by atoms with Gasteiger partial charge in [0.2, 0.25) is 0 Å². The SMILES string of the molecule is CCc1c(C)c(C(C)=O)n2ccccc12. The van der Waals surface area contributed by atoms with Crippen molar-refractivity contribution >= 4 is 11.3 Å². The Morgan fingerprint density at radius 1 is 1.40 bits per heavy atom. The van der Waals surface area contributed by atoms with Crippen LogP contribution in [0.25, 0.3) is 5.52 Å². The van der Waals surface area contributed by atoms with E-state index in [-0.39, 0.29) is 5.78 Å². The summed E-state index contributed by atoms with van der Waals surface area (Å²) in [7, 11) is 0. The van der Waals surface area contributed by atoms with Gasteiger partial charge in [0.15, 0.2) is 5.78 Å². The summed E-state index contributed by atoms with van der Waals surface area (Å²) in [5.74, 6) is 0.133. The molecule has 0 spiro atoms. The fraction of sp³-hybridized carbons (Fsp3) is 0.308. The van der Waals surface area contributed by atoms with Gasteiger partial charge in [-0.3, -0.25) is 4.79 Å². The lowest BCUT2D eigenvalue weighted by Gasteiger charge is -1.98. The highest BCUT2D eigenvalue weighted by Crippen LogP contribution is 2.23. The van der Waals surface area contributed by atoms with Crippen LogP contribution in [0.15, 0.2) is 24.4 Å². The van der Waals surface area contributed by atoms with Gasteiger partial charge in [-0.2, -0.15) is 0 Å². The van der Waals surface area contributed by atoms with E-state index in [0.29, 0.717) is 0 Å². The number of pyridine rings is 1. The maximum Gasteiger partial charge on any atom is 0.176 e. The van der Waals surface area contributed by atoms with Gasteiger partial charge in [-0.15, -0.1) is 0 Å². The van der Waals surface area contributed by atoms with Crippen molar-refractivity contribution in [2.75, 3.05) is 0 Å². The van der Waals surface area contributed by atoms with Crippen molar-refractivity contribution in [3.8, 4) is 0 Å². The predicted molar refractivity (Wildman–Crippen MR) is 61.5 cm³/mol. The van der Waals surface area contributed by atoms with E-state index in [9.17, 15) is 4.79 Å². The molecule has 0 saturated carbocycles. The van der Waals surface area contributed by atoms with Gasteiger partial charge in [-0.1, -0.05) is 13.0 Å². The smallest absolute Gasteiger partial charge is 0.176 e. The van der Waals surface area contributed by atoms with E-state index in [0.717, 1.165) is 23.2 Å². The summed E-state index contributed by atoms with van der Waals surface area (Å²) in [4.78, 5) is 11.6. The minimum Gasteiger partial charge on any atom is -0.313 e. The number of hydrogen-bond acceptors (Lipinski definition) is 1. The quantitative estimate of drug-likeness (QED) is 0.684. The summed E-state index contributed by atoms with van der Waals surface area (Å²) in [6.45, 7) is 5.78. The molecule has 15 heavy (non-hydrogen) atoms. The largest absolute Gasteiger partial charge is 0.313 e. The fourth-order valence-electron chi connectivity index (χ4n) is 2.28. The molecule has 0 aliphatic carbocycles. The molecule has 0 amide bonds. The lowest BCUT2D eigenvalue weighted by molar-refractivity contribution is 0.101. The maximum absolute atomic E-state index is 11.6. The summed E-state index contributed by atoms with van der Waals surface area (Å²) >= 11 is 0. The first-order valence-electron chi connectivity index (χ1n) is 5.26. The Bertz CT molecular complexity index is 523. The number of aromatic nitrogens is 1. The van der Waals surface area contributed by atoms with E-state index in [1.807, 2.05) is 29.7 Å². The number of nitrogens with zero attached hydrogens (tertiary/aromatic N) is 1. The Kier molecular flexibility index (Phi) is 2.35. The molecule has 0 fully saturated rings. The number of rotatable bonds is 2. The van der Waals surface area contributed by atoms with Gasteiger partial charge < -0.3 is 4.40 Å². The summed E-state index contributed by atoms with van der Waals surface area (Å²) in [5.41, 5.74) is 4.38. The summed E-state index contributed by atoms with van der Waals surface area (Å²) in [6.07, 6.45) is 2.92. The van der Waals surface area contributed by atoms with Crippen LogP contribution in [0.2, 0.25) is 0 Å². The molecular weight excluding hydrogens is 186 g/mol. The molecule has 2 aromatic heterocycles. The molecule has 2 heteroatoms. The molecule has 0 aliphatic rings. The van der Waals surface area contributed by atoms with Gasteiger partial charge in [0.25, 0.3) is 0 Å². The van der Waals surface area contributed by atoms with Crippen LogP contribution in [0, 0.1) is 6.92 Å². The zero-order valence-corrected chi connectivity index (χ0v) is 9.37. The Morgan fingerprint density at radius 2 is 2.13 bits per heavy atom. The van der Waals surface area contributed by atoms with E-state index in [2.05, 4.69) is 13.0 Å². The molecule has 78 valence electrons.